The van der Waals surface area contributed by atoms with Crippen molar-refractivity contribution >= 4 is 0 Å². The summed E-state index contributed by atoms with van der Waals surface area (Å²) in [5.74, 6) is 0. The minimum Gasteiger partial charge on any atom is -0.394 e. The molecule has 1 rings (SSSR count). The van der Waals surface area contributed by atoms with E-state index in [-0.39, 0.29) is 6.61 Å². The maximum atomic E-state index is 8.83. The van der Waals surface area contributed by atoms with Crippen LogP contribution in [0.3, 0.4) is 0 Å². The van der Waals surface area contributed by atoms with Crippen LogP contribution >= 0.6 is 0 Å². The van der Waals surface area contributed by atoms with Crippen molar-refractivity contribution in [2.45, 2.75) is 12.5 Å². The molecule has 0 saturated heterocycles. The van der Waals surface area contributed by atoms with Gasteiger partial charge in [0.1, 0.15) is 0 Å². The van der Waals surface area contributed by atoms with Gasteiger partial charge in [-0.05, 0) is 18.6 Å². The Bertz CT molecular complexity index is 191. The number of rotatable bonds is 2. The fraction of sp³-hybridized carbons (Fsp3) is 0.429. The van der Waals surface area contributed by atoms with Gasteiger partial charge in [0.2, 0.25) is 0 Å². The zero-order chi connectivity index (χ0) is 7.61. The standard InChI is InChI=1S/C7H12N2O/c1-7(8,5-10)6-2-3-9-4-6/h2-4,9-10H,5,8H2,1H3/t7-/m1/s1. The van der Waals surface area contributed by atoms with Crippen LogP contribution < -0.4 is 5.73 Å². The van der Waals surface area contributed by atoms with E-state index in [0.717, 1.165) is 5.56 Å². The molecule has 0 spiro atoms. The molecule has 56 valence electrons. The summed E-state index contributed by atoms with van der Waals surface area (Å²) in [6, 6.07) is 1.86. The highest BCUT2D eigenvalue weighted by Gasteiger charge is 2.19. The van der Waals surface area contributed by atoms with Gasteiger partial charge in [-0.25, -0.2) is 0 Å². The van der Waals surface area contributed by atoms with Gasteiger partial charge < -0.3 is 15.8 Å². The van der Waals surface area contributed by atoms with Gasteiger partial charge in [0.15, 0.2) is 0 Å². The van der Waals surface area contributed by atoms with Crippen molar-refractivity contribution < 1.29 is 5.11 Å². The molecule has 1 aromatic heterocycles. The van der Waals surface area contributed by atoms with Crippen LogP contribution in [0.2, 0.25) is 0 Å². The van der Waals surface area contributed by atoms with Crippen LogP contribution in [0, 0.1) is 0 Å². The molecular weight excluding hydrogens is 128 g/mol. The Kier molecular flexibility index (Phi) is 1.78. The average Bonchev–Trinajstić information content (AvgIpc) is 2.38. The number of aromatic amines is 1. The predicted octanol–water partition coefficient (Wildman–Crippen LogP) is 0.181. The minimum atomic E-state index is -0.611. The van der Waals surface area contributed by atoms with Crippen molar-refractivity contribution in [2.75, 3.05) is 6.61 Å². The second kappa shape index (κ2) is 2.44. The van der Waals surface area contributed by atoms with Crippen molar-refractivity contribution in [2.24, 2.45) is 5.73 Å². The first-order valence-electron chi connectivity index (χ1n) is 3.20. The third-order valence-corrected chi connectivity index (χ3v) is 1.59. The summed E-state index contributed by atoms with van der Waals surface area (Å²) in [5.41, 5.74) is 6.03. The van der Waals surface area contributed by atoms with Crippen LogP contribution in [-0.2, 0) is 5.54 Å². The van der Waals surface area contributed by atoms with Crippen LogP contribution in [0.25, 0.3) is 0 Å². The third-order valence-electron chi connectivity index (χ3n) is 1.59. The lowest BCUT2D eigenvalue weighted by Crippen LogP contribution is -2.36. The SMILES string of the molecule is C[C@@](N)(CO)c1cc[nH]c1. The molecule has 4 N–H and O–H groups in total. The van der Waals surface area contributed by atoms with E-state index in [0.29, 0.717) is 0 Å². The Morgan fingerprint density at radius 1 is 1.80 bits per heavy atom. The summed E-state index contributed by atoms with van der Waals surface area (Å²) in [4.78, 5) is 2.88. The summed E-state index contributed by atoms with van der Waals surface area (Å²) in [6.45, 7) is 1.75. The predicted molar refractivity (Wildman–Crippen MR) is 39.4 cm³/mol. The van der Waals surface area contributed by atoms with E-state index in [9.17, 15) is 0 Å². The third kappa shape index (κ3) is 1.20. The van der Waals surface area contributed by atoms with E-state index in [1.807, 2.05) is 6.07 Å². The number of H-pyrrole nitrogens is 1. The molecule has 0 amide bonds. The second-order valence-corrected chi connectivity index (χ2v) is 2.68. The van der Waals surface area contributed by atoms with E-state index >= 15 is 0 Å². The Hall–Kier alpha value is -0.800. The van der Waals surface area contributed by atoms with Gasteiger partial charge in [-0.1, -0.05) is 0 Å². The first kappa shape index (κ1) is 7.31. The average molecular weight is 140 g/mol. The summed E-state index contributed by atoms with van der Waals surface area (Å²) < 4.78 is 0. The van der Waals surface area contributed by atoms with Crippen LogP contribution in [0.5, 0.6) is 0 Å². The number of hydrogen-bond donors (Lipinski definition) is 3. The smallest absolute Gasteiger partial charge is 0.0651 e. The maximum Gasteiger partial charge on any atom is 0.0651 e. The summed E-state index contributed by atoms with van der Waals surface area (Å²) in [6.07, 6.45) is 3.58. The van der Waals surface area contributed by atoms with Gasteiger partial charge in [-0.3, -0.25) is 0 Å². The first-order chi connectivity index (χ1) is 4.67. The van der Waals surface area contributed by atoms with Crippen molar-refractivity contribution in [3.8, 4) is 0 Å². The van der Waals surface area contributed by atoms with E-state index in [4.69, 9.17) is 10.8 Å². The van der Waals surface area contributed by atoms with Gasteiger partial charge in [0.05, 0.1) is 12.1 Å². The number of aromatic nitrogens is 1. The molecule has 0 radical (unpaired) electrons. The molecule has 1 atom stereocenters. The van der Waals surface area contributed by atoms with Gasteiger partial charge >= 0.3 is 0 Å². The lowest BCUT2D eigenvalue weighted by atomic mass is 9.98. The highest BCUT2D eigenvalue weighted by molar-refractivity contribution is 5.18. The maximum absolute atomic E-state index is 8.83. The molecule has 0 unspecified atom stereocenters. The summed E-state index contributed by atoms with van der Waals surface area (Å²) in [7, 11) is 0. The largest absolute Gasteiger partial charge is 0.394 e. The highest BCUT2D eigenvalue weighted by Crippen LogP contribution is 2.14. The molecule has 0 aliphatic carbocycles. The van der Waals surface area contributed by atoms with E-state index < -0.39 is 5.54 Å². The Labute approximate surface area is 59.9 Å². The zero-order valence-electron chi connectivity index (χ0n) is 5.96. The van der Waals surface area contributed by atoms with Crippen LogP contribution in [0.4, 0.5) is 0 Å². The molecular formula is C7H12N2O. The molecule has 1 heterocycles. The molecule has 10 heavy (non-hydrogen) atoms. The lowest BCUT2D eigenvalue weighted by Gasteiger charge is -2.19. The van der Waals surface area contributed by atoms with Gasteiger partial charge in [0, 0.05) is 12.4 Å². The summed E-state index contributed by atoms with van der Waals surface area (Å²) in [5, 5.41) is 8.83. The molecule has 0 fully saturated rings. The Morgan fingerprint density at radius 2 is 2.50 bits per heavy atom. The van der Waals surface area contributed by atoms with Crippen LogP contribution in [0.1, 0.15) is 12.5 Å². The van der Waals surface area contributed by atoms with E-state index in [1.165, 1.54) is 0 Å². The molecule has 0 bridgehead atoms. The number of aliphatic hydroxyl groups excluding tert-OH is 1. The zero-order valence-corrected chi connectivity index (χ0v) is 5.96. The van der Waals surface area contributed by atoms with Crippen LogP contribution in [0.15, 0.2) is 18.5 Å². The molecule has 3 heteroatoms. The fourth-order valence-electron chi connectivity index (χ4n) is 0.770. The van der Waals surface area contributed by atoms with E-state index in [1.54, 1.807) is 19.3 Å². The Morgan fingerprint density at radius 3 is 2.90 bits per heavy atom. The number of hydrogen-bond acceptors (Lipinski definition) is 2. The fourth-order valence-corrected chi connectivity index (χ4v) is 0.770. The minimum absolute atomic E-state index is 0.0369. The molecule has 3 nitrogen and oxygen atoms in total. The van der Waals surface area contributed by atoms with Gasteiger partial charge in [0.25, 0.3) is 0 Å². The molecule has 0 saturated carbocycles. The van der Waals surface area contributed by atoms with Crippen molar-refractivity contribution in [1.82, 2.24) is 4.98 Å². The monoisotopic (exact) mass is 140 g/mol. The second-order valence-electron chi connectivity index (χ2n) is 2.68. The lowest BCUT2D eigenvalue weighted by molar-refractivity contribution is 0.210. The molecule has 0 aliphatic heterocycles. The normalized spacial score (nSPS) is 16.7. The molecule has 1 aromatic rings. The number of nitrogens with one attached hydrogen (secondary N) is 1. The molecule has 0 aliphatic rings. The Balaban J connectivity index is 2.85. The van der Waals surface area contributed by atoms with Crippen LogP contribution in [-0.4, -0.2) is 16.7 Å². The first-order valence-corrected chi connectivity index (χ1v) is 3.20. The van der Waals surface area contributed by atoms with Crippen molar-refractivity contribution in [1.29, 1.82) is 0 Å². The summed E-state index contributed by atoms with van der Waals surface area (Å²) >= 11 is 0. The van der Waals surface area contributed by atoms with Gasteiger partial charge in [-0.15, -0.1) is 0 Å². The number of aliphatic hydroxyl groups is 1. The van der Waals surface area contributed by atoms with Crippen molar-refractivity contribution in [3.05, 3.63) is 24.0 Å². The van der Waals surface area contributed by atoms with Crippen molar-refractivity contribution in [3.63, 3.8) is 0 Å². The quantitative estimate of drug-likeness (QED) is 0.548. The van der Waals surface area contributed by atoms with Gasteiger partial charge in [-0.2, -0.15) is 0 Å². The van der Waals surface area contributed by atoms with E-state index in [2.05, 4.69) is 4.98 Å². The number of nitrogens with two attached hydrogens (primary N) is 1. The molecule has 0 aromatic carbocycles. The topological polar surface area (TPSA) is 62.0 Å². The highest BCUT2D eigenvalue weighted by atomic mass is 16.3.